The lowest BCUT2D eigenvalue weighted by molar-refractivity contribution is 0.632. The Bertz CT molecular complexity index is 2480. The lowest BCUT2D eigenvalue weighted by Crippen LogP contribution is -2.10. The molecule has 0 saturated heterocycles. The molecule has 0 amide bonds. The number of rotatable bonds is 10. The monoisotopic (exact) mass is 736 g/mol. The van der Waals surface area contributed by atoms with E-state index in [1.54, 1.807) is 0 Å². The average Bonchev–Trinajstić information content (AvgIpc) is 3.77. The summed E-state index contributed by atoms with van der Waals surface area (Å²) in [6.45, 7) is 18.3. The number of nitrogens with zero attached hydrogens (tertiary/aromatic N) is 4. The van der Waals surface area contributed by atoms with E-state index < -0.39 is 0 Å². The maximum atomic E-state index is 5.06. The molecule has 6 aromatic carbocycles. The quantitative estimate of drug-likeness (QED) is 0.140. The summed E-state index contributed by atoms with van der Waals surface area (Å²) in [4.78, 5) is 10.1. The molecule has 0 saturated carbocycles. The molecular weight excluding hydrogens is 681 g/mol. The predicted molar refractivity (Wildman–Crippen MR) is 238 cm³/mol. The number of fused-ring (bicyclic) bond motifs is 2. The van der Waals surface area contributed by atoms with Gasteiger partial charge in [0.2, 0.25) is 0 Å². The highest BCUT2D eigenvalue weighted by molar-refractivity contribution is 5.85. The van der Waals surface area contributed by atoms with Gasteiger partial charge < -0.3 is 0 Å². The van der Waals surface area contributed by atoms with Crippen molar-refractivity contribution in [3.05, 3.63) is 168 Å². The minimum Gasteiger partial charge on any atom is -0.292 e. The molecule has 0 aliphatic heterocycles. The van der Waals surface area contributed by atoms with Crippen LogP contribution in [-0.2, 0) is 12.8 Å². The smallest absolute Gasteiger partial charge is 0.145 e. The minimum atomic E-state index is 0.434. The summed E-state index contributed by atoms with van der Waals surface area (Å²) in [5, 5.41) is 0. The first-order valence-corrected chi connectivity index (χ1v) is 20.4. The average molecular weight is 737 g/mol. The van der Waals surface area contributed by atoms with E-state index in [4.69, 9.17) is 9.97 Å². The molecule has 4 nitrogen and oxygen atoms in total. The molecule has 8 rings (SSSR count). The van der Waals surface area contributed by atoms with Crippen molar-refractivity contribution in [1.29, 1.82) is 0 Å². The fourth-order valence-electron chi connectivity index (χ4n) is 7.98. The van der Waals surface area contributed by atoms with Crippen LogP contribution in [0.25, 0.3) is 56.2 Å². The number of para-hydroxylation sites is 6. The summed E-state index contributed by atoms with van der Waals surface area (Å²) in [7, 11) is 0. The molecule has 0 fully saturated rings. The van der Waals surface area contributed by atoms with E-state index in [1.165, 1.54) is 39.1 Å². The molecule has 0 radical (unpaired) electrons. The fourth-order valence-corrected chi connectivity index (χ4v) is 7.98. The first-order valence-electron chi connectivity index (χ1n) is 20.4. The van der Waals surface area contributed by atoms with Crippen LogP contribution >= 0.6 is 0 Å². The van der Waals surface area contributed by atoms with E-state index in [0.29, 0.717) is 23.7 Å². The molecule has 0 N–H and O–H groups in total. The molecule has 4 heteroatoms. The maximum absolute atomic E-state index is 5.06. The summed E-state index contributed by atoms with van der Waals surface area (Å²) < 4.78 is 4.77. The molecule has 0 aliphatic rings. The summed E-state index contributed by atoms with van der Waals surface area (Å²) in [5.41, 5.74) is 14.8. The third-order valence-electron chi connectivity index (χ3n) is 10.4. The van der Waals surface area contributed by atoms with Gasteiger partial charge in [-0.2, -0.15) is 0 Å². The van der Waals surface area contributed by atoms with E-state index in [2.05, 4.69) is 210 Å². The van der Waals surface area contributed by atoms with E-state index in [0.717, 1.165) is 52.2 Å². The topological polar surface area (TPSA) is 35.6 Å². The van der Waals surface area contributed by atoms with Gasteiger partial charge in [-0.15, -0.1) is 0 Å². The predicted octanol–water partition coefficient (Wildman–Crippen LogP) is 14.0. The van der Waals surface area contributed by atoms with Gasteiger partial charge in [-0.1, -0.05) is 177 Å². The SMILES string of the molecule is CC(C)Cc1cccc(CC(C)C)c1-n1c(-c2ccccc2)nc2ccccc21.CC(C)c1cccc(C(C)C)c1-n1c(-c2ccccc2)nc2ccccc21. The van der Waals surface area contributed by atoms with E-state index >= 15 is 0 Å². The molecule has 0 bridgehead atoms. The first kappa shape index (κ1) is 38.5. The van der Waals surface area contributed by atoms with Crippen LogP contribution in [-0.4, -0.2) is 19.1 Å². The number of hydrogen-bond donors (Lipinski definition) is 0. The number of benzene rings is 6. The fraction of sp³-hybridized carbons (Fsp3) is 0.269. The highest BCUT2D eigenvalue weighted by Crippen LogP contribution is 2.37. The van der Waals surface area contributed by atoms with Crippen LogP contribution in [0.15, 0.2) is 146 Å². The Morgan fingerprint density at radius 3 is 1.18 bits per heavy atom. The van der Waals surface area contributed by atoms with Crippen molar-refractivity contribution in [1.82, 2.24) is 19.1 Å². The van der Waals surface area contributed by atoms with Gasteiger partial charge in [0.05, 0.1) is 33.4 Å². The summed E-state index contributed by atoms with van der Waals surface area (Å²) >= 11 is 0. The molecule has 2 aromatic heterocycles. The zero-order valence-electron chi connectivity index (χ0n) is 34.4. The molecule has 56 heavy (non-hydrogen) atoms. The lowest BCUT2D eigenvalue weighted by atomic mass is 9.92. The molecule has 0 aliphatic carbocycles. The van der Waals surface area contributed by atoms with Gasteiger partial charge in [-0.25, -0.2) is 9.97 Å². The zero-order valence-corrected chi connectivity index (χ0v) is 34.4. The maximum Gasteiger partial charge on any atom is 0.145 e. The lowest BCUT2D eigenvalue weighted by Gasteiger charge is -2.22. The van der Waals surface area contributed by atoms with E-state index in [1.807, 2.05) is 0 Å². The summed E-state index contributed by atoms with van der Waals surface area (Å²) in [5.74, 6) is 4.09. The van der Waals surface area contributed by atoms with Crippen molar-refractivity contribution < 1.29 is 0 Å². The van der Waals surface area contributed by atoms with Crippen molar-refractivity contribution >= 4 is 22.1 Å². The van der Waals surface area contributed by atoms with Crippen LogP contribution in [0.4, 0.5) is 0 Å². The molecule has 0 unspecified atom stereocenters. The zero-order chi connectivity index (χ0) is 39.3. The van der Waals surface area contributed by atoms with Crippen LogP contribution in [0.2, 0.25) is 0 Å². The molecule has 8 aromatic rings. The standard InChI is InChI=1S/C27H30N2.C25H26N2/c1-19(2)17-22-13-10-14-23(18-20(3)4)26(22)29-25-16-9-8-15-24(25)28-27(29)21-11-6-5-7-12-21;1-17(2)20-13-10-14-21(18(3)4)24(20)27-23-16-9-8-15-22(23)26-25(27)19-11-6-5-7-12-19/h5-16,19-20H,17-18H2,1-4H3;5-18H,1-4H3. The van der Waals surface area contributed by atoms with Crippen LogP contribution in [0.3, 0.4) is 0 Å². The summed E-state index contributed by atoms with van der Waals surface area (Å²) in [6, 6.07) is 51.5. The second-order valence-corrected chi connectivity index (χ2v) is 16.5. The highest BCUT2D eigenvalue weighted by atomic mass is 15.1. The second kappa shape index (κ2) is 17.0. The molecular formula is C52H56N4. The van der Waals surface area contributed by atoms with Crippen LogP contribution in [0.1, 0.15) is 89.5 Å². The third-order valence-corrected chi connectivity index (χ3v) is 10.4. The second-order valence-electron chi connectivity index (χ2n) is 16.5. The number of hydrogen-bond acceptors (Lipinski definition) is 2. The van der Waals surface area contributed by atoms with Crippen LogP contribution < -0.4 is 0 Å². The summed E-state index contributed by atoms with van der Waals surface area (Å²) in [6.07, 6.45) is 2.12. The largest absolute Gasteiger partial charge is 0.292 e. The van der Waals surface area contributed by atoms with Crippen molar-refractivity contribution in [2.75, 3.05) is 0 Å². The Morgan fingerprint density at radius 1 is 0.393 bits per heavy atom. The van der Waals surface area contributed by atoms with Gasteiger partial charge in [0, 0.05) is 11.1 Å². The van der Waals surface area contributed by atoms with Crippen molar-refractivity contribution in [2.24, 2.45) is 11.8 Å². The Hall–Kier alpha value is -5.74. The van der Waals surface area contributed by atoms with E-state index in [-0.39, 0.29) is 0 Å². The van der Waals surface area contributed by atoms with Crippen molar-refractivity contribution in [3.63, 3.8) is 0 Å². The number of aromatic nitrogens is 4. The van der Waals surface area contributed by atoms with Gasteiger partial charge >= 0.3 is 0 Å². The Kier molecular flexibility index (Phi) is 11.7. The Labute approximate surface area is 333 Å². The van der Waals surface area contributed by atoms with Crippen LogP contribution in [0.5, 0.6) is 0 Å². The normalized spacial score (nSPS) is 11.6. The number of imidazole rings is 2. The van der Waals surface area contributed by atoms with Crippen molar-refractivity contribution in [2.45, 2.75) is 80.1 Å². The van der Waals surface area contributed by atoms with E-state index in [9.17, 15) is 0 Å². The molecule has 0 spiro atoms. The van der Waals surface area contributed by atoms with Crippen molar-refractivity contribution in [3.8, 4) is 34.2 Å². The third kappa shape index (κ3) is 7.97. The molecule has 284 valence electrons. The minimum absolute atomic E-state index is 0.434. The highest BCUT2D eigenvalue weighted by Gasteiger charge is 2.23. The Balaban J connectivity index is 0.000000172. The molecule has 2 heterocycles. The Morgan fingerprint density at radius 2 is 0.768 bits per heavy atom. The van der Waals surface area contributed by atoms with Gasteiger partial charge in [-0.3, -0.25) is 9.13 Å². The van der Waals surface area contributed by atoms with Gasteiger partial charge in [0.15, 0.2) is 0 Å². The van der Waals surface area contributed by atoms with Gasteiger partial charge in [0.1, 0.15) is 11.6 Å². The van der Waals surface area contributed by atoms with Gasteiger partial charge in [-0.05, 0) is 83.0 Å². The van der Waals surface area contributed by atoms with Crippen LogP contribution in [0, 0.1) is 11.8 Å². The molecule has 0 atom stereocenters. The van der Waals surface area contributed by atoms with Gasteiger partial charge in [0.25, 0.3) is 0 Å². The first-order chi connectivity index (χ1) is 27.1.